The second-order valence-electron chi connectivity index (χ2n) is 6.05. The van der Waals surface area contributed by atoms with E-state index in [1.165, 1.54) is 12.1 Å². The van der Waals surface area contributed by atoms with Gasteiger partial charge in [-0.2, -0.15) is 0 Å². The lowest BCUT2D eigenvalue weighted by Crippen LogP contribution is -2.41. The maximum absolute atomic E-state index is 12.3. The molecule has 0 spiro atoms. The first-order valence-electron chi connectivity index (χ1n) is 7.27. The molecule has 5 nitrogen and oxygen atoms in total. The highest BCUT2D eigenvalue weighted by Gasteiger charge is 2.22. The van der Waals surface area contributed by atoms with Gasteiger partial charge >= 0.3 is 0 Å². The molecule has 0 aromatic heterocycles. The van der Waals surface area contributed by atoms with Crippen molar-refractivity contribution >= 4 is 31.9 Å². The highest BCUT2D eigenvalue weighted by Crippen LogP contribution is 2.22. The molecule has 0 aliphatic carbocycles. The first-order valence-corrected chi connectivity index (χ1v) is 9.61. The lowest BCUT2D eigenvalue weighted by atomic mass is 9.94. The van der Waals surface area contributed by atoms with Gasteiger partial charge in [-0.1, -0.05) is 40.2 Å². The number of amides is 1. The van der Waals surface area contributed by atoms with E-state index in [1.807, 2.05) is 38.1 Å². The fourth-order valence-corrected chi connectivity index (χ4v) is 3.09. The zero-order valence-corrected chi connectivity index (χ0v) is 15.8. The van der Waals surface area contributed by atoms with Crippen molar-refractivity contribution in [2.24, 2.45) is 5.14 Å². The highest BCUT2D eigenvalue weighted by molar-refractivity contribution is 9.10. The van der Waals surface area contributed by atoms with E-state index >= 15 is 0 Å². The Morgan fingerprint density at radius 2 is 1.62 bits per heavy atom. The van der Waals surface area contributed by atoms with Gasteiger partial charge in [-0.3, -0.25) is 4.79 Å². The van der Waals surface area contributed by atoms with Crippen molar-refractivity contribution in [3.8, 4) is 0 Å². The largest absolute Gasteiger partial charge is 0.347 e. The number of nitrogens with two attached hydrogens (primary N) is 1. The molecule has 0 heterocycles. The fraction of sp³-hybridized carbons (Fsp3) is 0.235. The van der Waals surface area contributed by atoms with E-state index in [4.69, 9.17) is 5.14 Å². The Bertz CT molecular complexity index is 829. The molecule has 128 valence electrons. The molecule has 7 heteroatoms. The number of halogens is 1. The predicted octanol–water partition coefficient (Wildman–Crippen LogP) is 2.69. The molecule has 2 aromatic carbocycles. The lowest BCUT2D eigenvalue weighted by molar-refractivity contribution is -0.122. The van der Waals surface area contributed by atoms with Crippen LogP contribution in [0, 0.1) is 0 Å². The SMILES string of the molecule is CC(C)(NC(=O)Cc1ccc(S(N)(=O)=O)cc1)c1ccc(Br)cc1. The summed E-state index contributed by atoms with van der Waals surface area (Å²) in [6.45, 7) is 3.86. The summed E-state index contributed by atoms with van der Waals surface area (Å²) in [5, 5.41) is 8.04. The molecule has 0 unspecified atom stereocenters. The molecule has 0 bridgehead atoms. The molecular weight excluding hydrogens is 392 g/mol. The number of hydrogen-bond acceptors (Lipinski definition) is 3. The number of rotatable bonds is 5. The maximum Gasteiger partial charge on any atom is 0.238 e. The van der Waals surface area contributed by atoms with Crippen molar-refractivity contribution < 1.29 is 13.2 Å². The van der Waals surface area contributed by atoms with E-state index in [2.05, 4.69) is 21.2 Å². The van der Waals surface area contributed by atoms with E-state index in [9.17, 15) is 13.2 Å². The Balaban J connectivity index is 2.06. The van der Waals surface area contributed by atoms with Gasteiger partial charge in [0.1, 0.15) is 0 Å². The summed E-state index contributed by atoms with van der Waals surface area (Å²) in [7, 11) is -3.72. The molecule has 0 atom stereocenters. The zero-order chi connectivity index (χ0) is 18.0. The Kier molecular flexibility index (Phi) is 5.47. The topological polar surface area (TPSA) is 89.3 Å². The zero-order valence-electron chi connectivity index (χ0n) is 13.4. The quantitative estimate of drug-likeness (QED) is 0.793. The Morgan fingerprint density at radius 3 is 2.12 bits per heavy atom. The Labute approximate surface area is 150 Å². The van der Waals surface area contributed by atoms with E-state index in [0.29, 0.717) is 5.56 Å². The Morgan fingerprint density at radius 1 is 1.08 bits per heavy atom. The molecular formula is C17H19BrN2O3S. The number of carbonyl (C=O) groups is 1. The highest BCUT2D eigenvalue weighted by atomic mass is 79.9. The molecule has 0 aliphatic rings. The average Bonchev–Trinajstić information content (AvgIpc) is 2.46. The number of sulfonamides is 1. The van der Waals surface area contributed by atoms with Gasteiger partial charge in [-0.15, -0.1) is 0 Å². The van der Waals surface area contributed by atoms with Crippen molar-refractivity contribution in [1.29, 1.82) is 0 Å². The number of primary sulfonamides is 1. The number of hydrogen-bond donors (Lipinski definition) is 2. The summed E-state index contributed by atoms with van der Waals surface area (Å²) < 4.78 is 23.4. The van der Waals surface area contributed by atoms with Gasteiger partial charge in [0.15, 0.2) is 0 Å². The van der Waals surface area contributed by atoms with Gasteiger partial charge in [-0.05, 0) is 49.2 Å². The van der Waals surface area contributed by atoms with Crippen LogP contribution in [-0.4, -0.2) is 14.3 Å². The second kappa shape index (κ2) is 7.04. The van der Waals surface area contributed by atoms with Gasteiger partial charge in [0.2, 0.25) is 15.9 Å². The minimum Gasteiger partial charge on any atom is -0.347 e. The van der Waals surface area contributed by atoms with Crippen molar-refractivity contribution in [3.63, 3.8) is 0 Å². The van der Waals surface area contributed by atoms with Crippen LogP contribution in [0.3, 0.4) is 0 Å². The van der Waals surface area contributed by atoms with Crippen LogP contribution in [-0.2, 0) is 26.8 Å². The second-order valence-corrected chi connectivity index (χ2v) is 8.52. The predicted molar refractivity (Wildman–Crippen MR) is 96.8 cm³/mol. The van der Waals surface area contributed by atoms with Gasteiger partial charge < -0.3 is 5.32 Å². The molecule has 0 saturated carbocycles. The number of nitrogens with one attached hydrogen (secondary N) is 1. The van der Waals surface area contributed by atoms with E-state index in [-0.39, 0.29) is 17.2 Å². The third-order valence-electron chi connectivity index (χ3n) is 3.63. The Hall–Kier alpha value is -1.70. The molecule has 0 saturated heterocycles. The summed E-state index contributed by atoms with van der Waals surface area (Å²) in [4.78, 5) is 12.3. The van der Waals surface area contributed by atoms with Crippen LogP contribution < -0.4 is 10.5 Å². The van der Waals surface area contributed by atoms with E-state index < -0.39 is 15.6 Å². The van der Waals surface area contributed by atoms with E-state index in [0.717, 1.165) is 10.0 Å². The molecule has 0 radical (unpaired) electrons. The van der Waals surface area contributed by atoms with Crippen LogP contribution in [0.25, 0.3) is 0 Å². The molecule has 1 amide bonds. The third-order valence-corrected chi connectivity index (χ3v) is 5.09. The van der Waals surface area contributed by atoms with Crippen LogP contribution >= 0.6 is 15.9 Å². The monoisotopic (exact) mass is 410 g/mol. The van der Waals surface area contributed by atoms with Crippen LogP contribution in [0.5, 0.6) is 0 Å². The first-order chi connectivity index (χ1) is 11.1. The lowest BCUT2D eigenvalue weighted by Gasteiger charge is -2.27. The number of carbonyl (C=O) groups excluding carboxylic acids is 1. The van der Waals surface area contributed by atoms with Crippen molar-refractivity contribution in [2.75, 3.05) is 0 Å². The van der Waals surface area contributed by atoms with Gasteiger partial charge in [0, 0.05) is 4.47 Å². The van der Waals surface area contributed by atoms with Crippen LogP contribution in [0.1, 0.15) is 25.0 Å². The molecule has 0 aliphatic heterocycles. The molecule has 0 fully saturated rings. The number of benzene rings is 2. The molecule has 2 rings (SSSR count). The average molecular weight is 411 g/mol. The van der Waals surface area contributed by atoms with Crippen molar-refractivity contribution in [2.45, 2.75) is 30.7 Å². The summed E-state index contributed by atoms with van der Waals surface area (Å²) in [5.41, 5.74) is 1.19. The standard InChI is InChI=1S/C17H19BrN2O3S/c1-17(2,13-5-7-14(18)8-6-13)20-16(21)11-12-3-9-15(10-4-12)24(19,22)23/h3-10H,11H2,1-2H3,(H,20,21)(H2,19,22,23). The van der Waals surface area contributed by atoms with Crippen LogP contribution in [0.15, 0.2) is 57.9 Å². The summed E-state index contributed by atoms with van der Waals surface area (Å²) in [5.74, 6) is -0.147. The summed E-state index contributed by atoms with van der Waals surface area (Å²) in [6, 6.07) is 13.7. The fourth-order valence-electron chi connectivity index (χ4n) is 2.31. The van der Waals surface area contributed by atoms with Crippen molar-refractivity contribution in [3.05, 3.63) is 64.1 Å². The third kappa shape index (κ3) is 4.90. The van der Waals surface area contributed by atoms with Gasteiger partial charge in [-0.25, -0.2) is 13.6 Å². The smallest absolute Gasteiger partial charge is 0.238 e. The molecule has 2 aromatic rings. The normalized spacial score (nSPS) is 12.0. The minimum absolute atomic E-state index is 0.0295. The van der Waals surface area contributed by atoms with Crippen molar-refractivity contribution in [1.82, 2.24) is 5.32 Å². The molecule has 3 N–H and O–H groups in total. The maximum atomic E-state index is 12.3. The first kappa shape index (κ1) is 18.6. The minimum atomic E-state index is -3.72. The van der Waals surface area contributed by atoms with Gasteiger partial charge in [0.05, 0.1) is 16.9 Å². The van der Waals surface area contributed by atoms with Crippen LogP contribution in [0.4, 0.5) is 0 Å². The van der Waals surface area contributed by atoms with Gasteiger partial charge in [0.25, 0.3) is 0 Å². The van der Waals surface area contributed by atoms with E-state index in [1.54, 1.807) is 12.1 Å². The van der Waals surface area contributed by atoms with Crippen LogP contribution in [0.2, 0.25) is 0 Å². The summed E-state index contributed by atoms with van der Waals surface area (Å²) >= 11 is 3.39. The molecule has 24 heavy (non-hydrogen) atoms. The summed E-state index contributed by atoms with van der Waals surface area (Å²) in [6.07, 6.45) is 0.158.